The van der Waals surface area contributed by atoms with Crippen molar-refractivity contribution in [2.75, 3.05) is 7.11 Å². The number of H-pyrrole nitrogens is 1. The second-order valence-electron chi connectivity index (χ2n) is 7.34. The van der Waals surface area contributed by atoms with E-state index in [9.17, 15) is 31.9 Å². The van der Waals surface area contributed by atoms with Crippen molar-refractivity contribution in [3.05, 3.63) is 61.1 Å². The quantitative estimate of drug-likeness (QED) is 0.543. The van der Waals surface area contributed by atoms with E-state index in [0.717, 1.165) is 12.1 Å². The zero-order chi connectivity index (χ0) is 23.4. The van der Waals surface area contributed by atoms with Crippen molar-refractivity contribution in [3.8, 4) is 5.69 Å². The van der Waals surface area contributed by atoms with Gasteiger partial charge in [0.15, 0.2) is 0 Å². The molecule has 170 valence electrons. The lowest BCUT2D eigenvalue weighted by Gasteiger charge is -2.23. The van der Waals surface area contributed by atoms with E-state index in [1.807, 2.05) is 0 Å². The van der Waals surface area contributed by atoms with Crippen LogP contribution >= 0.6 is 11.6 Å². The number of alkyl halides is 3. The first kappa shape index (κ1) is 22.1. The third-order valence-electron chi connectivity index (χ3n) is 5.56. The minimum Gasteiger partial charge on any atom is -0.466 e. The third kappa shape index (κ3) is 3.29. The Labute approximate surface area is 181 Å². The van der Waals surface area contributed by atoms with E-state index < -0.39 is 52.1 Å². The zero-order valence-electron chi connectivity index (χ0n) is 16.3. The molecule has 2 aliphatic rings. The molecule has 1 aromatic heterocycles. The van der Waals surface area contributed by atoms with E-state index in [1.165, 1.54) is 12.1 Å². The van der Waals surface area contributed by atoms with Crippen LogP contribution in [-0.2, 0) is 20.5 Å². The van der Waals surface area contributed by atoms with Gasteiger partial charge < -0.3 is 14.6 Å². The molecule has 4 rings (SSSR count). The van der Waals surface area contributed by atoms with Crippen molar-refractivity contribution >= 4 is 23.3 Å². The van der Waals surface area contributed by atoms with Crippen molar-refractivity contribution in [2.45, 2.75) is 31.0 Å². The SMILES string of the molecule is COC(=O)C12CCCC1C(c1cc(-n3c(=O)cc(C(F)(F)F)[nH]c3=O)c(F)cc1Cl)=NO2. The Kier molecular flexibility index (Phi) is 5.15. The lowest BCUT2D eigenvalue weighted by molar-refractivity contribution is -0.168. The van der Waals surface area contributed by atoms with Crippen LogP contribution in [0.3, 0.4) is 0 Å². The molecule has 13 heteroatoms. The number of esters is 1. The van der Waals surface area contributed by atoms with Crippen LogP contribution in [0.1, 0.15) is 30.5 Å². The summed E-state index contributed by atoms with van der Waals surface area (Å²) in [5.41, 5.74) is -6.23. The number of aromatic amines is 1. The zero-order valence-corrected chi connectivity index (χ0v) is 17.0. The van der Waals surface area contributed by atoms with E-state index in [0.29, 0.717) is 19.3 Å². The van der Waals surface area contributed by atoms with E-state index in [2.05, 4.69) is 5.16 Å². The predicted octanol–water partition coefficient (Wildman–Crippen LogP) is 2.78. The van der Waals surface area contributed by atoms with Gasteiger partial charge in [-0.15, -0.1) is 0 Å². The molecule has 1 saturated carbocycles. The van der Waals surface area contributed by atoms with Crippen molar-refractivity contribution in [2.24, 2.45) is 11.1 Å². The lowest BCUT2D eigenvalue weighted by Crippen LogP contribution is -2.43. The highest BCUT2D eigenvalue weighted by atomic mass is 35.5. The highest BCUT2D eigenvalue weighted by Gasteiger charge is 2.59. The van der Waals surface area contributed by atoms with Gasteiger partial charge in [0, 0.05) is 18.1 Å². The number of benzene rings is 1. The van der Waals surface area contributed by atoms with Gasteiger partial charge in [0.2, 0.25) is 5.60 Å². The summed E-state index contributed by atoms with van der Waals surface area (Å²) in [4.78, 5) is 43.8. The number of hydrogen-bond donors (Lipinski definition) is 1. The molecular weight excluding hydrogens is 462 g/mol. The Hall–Kier alpha value is -3.15. The van der Waals surface area contributed by atoms with Crippen LogP contribution in [0.25, 0.3) is 5.69 Å². The Bertz CT molecular complexity index is 1240. The Morgan fingerprint density at radius 1 is 1.34 bits per heavy atom. The van der Waals surface area contributed by atoms with Crippen LogP contribution in [0.5, 0.6) is 0 Å². The summed E-state index contributed by atoms with van der Waals surface area (Å²) in [6, 6.07) is 1.95. The van der Waals surface area contributed by atoms with Gasteiger partial charge in [-0.05, 0) is 25.0 Å². The molecule has 1 N–H and O–H groups in total. The maximum absolute atomic E-state index is 14.7. The molecule has 0 radical (unpaired) electrons. The van der Waals surface area contributed by atoms with Crippen molar-refractivity contribution < 1.29 is 31.9 Å². The first-order chi connectivity index (χ1) is 15.0. The average molecular weight is 476 g/mol. The summed E-state index contributed by atoms with van der Waals surface area (Å²) in [6.07, 6.45) is -3.59. The monoisotopic (exact) mass is 475 g/mol. The summed E-state index contributed by atoms with van der Waals surface area (Å²) < 4.78 is 58.3. The summed E-state index contributed by atoms with van der Waals surface area (Å²) in [5, 5.41) is 3.78. The maximum Gasteiger partial charge on any atom is 0.431 e. The van der Waals surface area contributed by atoms with Gasteiger partial charge in [-0.1, -0.05) is 16.8 Å². The maximum atomic E-state index is 14.7. The molecule has 2 aromatic rings. The smallest absolute Gasteiger partial charge is 0.431 e. The molecule has 1 aromatic carbocycles. The number of fused-ring (bicyclic) bond motifs is 1. The molecule has 0 saturated heterocycles. The molecular formula is C19H14ClF4N3O5. The molecule has 2 unspecified atom stereocenters. The van der Waals surface area contributed by atoms with Crippen molar-refractivity contribution in [1.29, 1.82) is 0 Å². The molecule has 8 nitrogen and oxygen atoms in total. The van der Waals surface area contributed by atoms with Gasteiger partial charge in [-0.2, -0.15) is 13.2 Å². The molecule has 2 atom stereocenters. The highest BCUT2D eigenvalue weighted by molar-refractivity contribution is 6.34. The van der Waals surface area contributed by atoms with Crippen LogP contribution in [0, 0.1) is 11.7 Å². The third-order valence-corrected chi connectivity index (χ3v) is 5.88. The molecule has 1 aliphatic heterocycles. The number of methoxy groups -OCH3 is 1. The van der Waals surface area contributed by atoms with Crippen LogP contribution in [0.2, 0.25) is 5.02 Å². The van der Waals surface area contributed by atoms with Crippen LogP contribution in [-0.4, -0.2) is 33.9 Å². The number of aromatic nitrogens is 2. The average Bonchev–Trinajstić information content (AvgIpc) is 3.28. The highest BCUT2D eigenvalue weighted by Crippen LogP contribution is 2.47. The number of rotatable bonds is 3. The fraction of sp³-hybridized carbons (Fsp3) is 0.368. The molecule has 1 aliphatic carbocycles. The first-order valence-electron chi connectivity index (χ1n) is 9.27. The van der Waals surface area contributed by atoms with Crippen molar-refractivity contribution in [3.63, 3.8) is 0 Å². The van der Waals surface area contributed by atoms with Gasteiger partial charge >= 0.3 is 17.8 Å². The largest absolute Gasteiger partial charge is 0.466 e. The van der Waals surface area contributed by atoms with Gasteiger partial charge in [-0.3, -0.25) is 4.79 Å². The van der Waals surface area contributed by atoms with E-state index in [4.69, 9.17) is 21.2 Å². The summed E-state index contributed by atoms with van der Waals surface area (Å²) >= 11 is 6.17. The molecule has 2 heterocycles. The normalized spacial score (nSPS) is 22.3. The van der Waals surface area contributed by atoms with E-state index >= 15 is 0 Å². The number of carbonyl (C=O) groups is 1. The second kappa shape index (κ2) is 7.47. The number of nitrogens with one attached hydrogen (secondary N) is 1. The topological polar surface area (TPSA) is 103 Å². The van der Waals surface area contributed by atoms with Gasteiger partial charge in [0.25, 0.3) is 5.56 Å². The molecule has 0 amide bonds. The number of hydrogen-bond acceptors (Lipinski definition) is 6. The van der Waals surface area contributed by atoms with Crippen LogP contribution < -0.4 is 11.2 Å². The summed E-state index contributed by atoms with van der Waals surface area (Å²) in [5.74, 6) is -2.36. The fourth-order valence-electron chi connectivity index (χ4n) is 4.11. The molecule has 0 spiro atoms. The second-order valence-corrected chi connectivity index (χ2v) is 7.74. The van der Waals surface area contributed by atoms with Crippen LogP contribution in [0.4, 0.5) is 17.6 Å². The fourth-order valence-corrected chi connectivity index (χ4v) is 4.36. The number of ether oxygens (including phenoxy) is 1. The van der Waals surface area contributed by atoms with Crippen LogP contribution in [0.15, 0.2) is 32.9 Å². The van der Waals surface area contributed by atoms with E-state index in [1.54, 1.807) is 0 Å². The predicted molar refractivity (Wildman–Crippen MR) is 102 cm³/mol. The summed E-state index contributed by atoms with van der Waals surface area (Å²) in [6.45, 7) is 0. The summed E-state index contributed by atoms with van der Waals surface area (Å²) in [7, 11) is 1.19. The lowest BCUT2D eigenvalue weighted by atomic mass is 9.84. The number of halogens is 5. The van der Waals surface area contributed by atoms with Gasteiger partial charge in [0.1, 0.15) is 11.5 Å². The van der Waals surface area contributed by atoms with E-state index in [-0.39, 0.29) is 26.9 Å². The molecule has 32 heavy (non-hydrogen) atoms. The first-order valence-corrected chi connectivity index (χ1v) is 9.65. The molecule has 0 bridgehead atoms. The number of nitrogens with zero attached hydrogens (tertiary/aromatic N) is 2. The number of carbonyl (C=O) groups excluding carboxylic acids is 1. The minimum absolute atomic E-state index is 0.0620. The molecule has 1 fully saturated rings. The standard InChI is InChI=1S/C19H14ClF4N3O5/c1-31-16(29)18-4-2-3-9(18)15(26-32-18)8-5-12(11(21)6-10(8)20)27-14(28)7-13(19(22,23)24)25-17(27)30/h5-7,9H,2-4H2,1H3,(H,25,30). The van der Waals surface area contributed by atoms with Gasteiger partial charge in [0.05, 0.1) is 29.4 Å². The number of oxime groups is 1. The minimum atomic E-state index is -4.98. The van der Waals surface area contributed by atoms with Gasteiger partial charge in [-0.25, -0.2) is 18.5 Å². The van der Waals surface area contributed by atoms with Crippen molar-refractivity contribution in [1.82, 2.24) is 9.55 Å². The Morgan fingerprint density at radius 3 is 2.69 bits per heavy atom. The Balaban J connectivity index is 1.84. The Morgan fingerprint density at radius 2 is 2.06 bits per heavy atom.